The Morgan fingerprint density at radius 2 is 2.41 bits per heavy atom. The third-order valence-corrected chi connectivity index (χ3v) is 3.88. The summed E-state index contributed by atoms with van der Waals surface area (Å²) in [6, 6.07) is 1.54. The molecule has 0 aliphatic carbocycles. The van der Waals surface area contributed by atoms with Gasteiger partial charge in [-0.1, -0.05) is 6.92 Å². The predicted molar refractivity (Wildman–Crippen MR) is 75.8 cm³/mol. The van der Waals surface area contributed by atoms with Gasteiger partial charge in [0.2, 0.25) is 5.58 Å². The standard InChI is InChI=1S/C13H14N6O3/c1-7-2-3-19(9(20)4-14)5-8(7)17-11-10-12(16-6-15-11)18-13(21)22-10/h6-8H,2-3,5H2,1H3,(H2,15,16,17,18,21). The van der Waals surface area contributed by atoms with E-state index in [1.165, 1.54) is 11.2 Å². The zero-order valence-electron chi connectivity index (χ0n) is 11.9. The van der Waals surface area contributed by atoms with Crippen LogP contribution in [0.4, 0.5) is 5.82 Å². The van der Waals surface area contributed by atoms with Crippen molar-refractivity contribution in [1.82, 2.24) is 19.9 Å². The normalized spacial score (nSPS) is 21.5. The second kappa shape index (κ2) is 5.48. The van der Waals surface area contributed by atoms with E-state index in [2.05, 4.69) is 27.2 Å². The van der Waals surface area contributed by atoms with Gasteiger partial charge in [-0.3, -0.25) is 9.78 Å². The highest BCUT2D eigenvalue weighted by Gasteiger charge is 2.29. The van der Waals surface area contributed by atoms with Gasteiger partial charge in [-0.15, -0.1) is 0 Å². The number of rotatable bonds is 2. The molecule has 9 heteroatoms. The van der Waals surface area contributed by atoms with Crippen LogP contribution < -0.4 is 11.1 Å². The van der Waals surface area contributed by atoms with Crippen molar-refractivity contribution >= 4 is 23.0 Å². The number of carbonyl (C=O) groups excluding carboxylic acids is 1. The van der Waals surface area contributed by atoms with E-state index in [1.54, 1.807) is 6.07 Å². The van der Waals surface area contributed by atoms with Crippen LogP contribution in [0, 0.1) is 17.2 Å². The van der Waals surface area contributed by atoms with Gasteiger partial charge in [-0.2, -0.15) is 5.26 Å². The van der Waals surface area contributed by atoms with Crippen molar-refractivity contribution in [3.63, 3.8) is 0 Å². The third kappa shape index (κ3) is 2.50. The molecule has 3 rings (SSSR count). The molecule has 1 aliphatic heterocycles. The Labute approximate surface area is 125 Å². The number of aromatic amines is 1. The number of likely N-dealkylation sites (tertiary alicyclic amines) is 1. The first kappa shape index (κ1) is 14.1. The lowest BCUT2D eigenvalue weighted by molar-refractivity contribution is -0.126. The molecule has 1 amide bonds. The summed E-state index contributed by atoms with van der Waals surface area (Å²) >= 11 is 0. The summed E-state index contributed by atoms with van der Waals surface area (Å²) in [7, 11) is 0. The van der Waals surface area contributed by atoms with Gasteiger partial charge in [0.1, 0.15) is 6.33 Å². The molecule has 0 aromatic carbocycles. The minimum absolute atomic E-state index is 0.0932. The van der Waals surface area contributed by atoms with E-state index < -0.39 is 11.7 Å². The van der Waals surface area contributed by atoms with Gasteiger partial charge in [0.15, 0.2) is 17.5 Å². The average molecular weight is 302 g/mol. The van der Waals surface area contributed by atoms with E-state index in [4.69, 9.17) is 9.68 Å². The Hall–Kier alpha value is -2.89. The SMILES string of the molecule is CC1CCN(C(=O)C#N)CC1Nc1ncnc2[nH]c(=O)oc12. The van der Waals surface area contributed by atoms with Crippen LogP contribution in [-0.4, -0.2) is 44.9 Å². The first-order chi connectivity index (χ1) is 10.6. The van der Waals surface area contributed by atoms with Crippen molar-refractivity contribution in [3.05, 3.63) is 16.9 Å². The van der Waals surface area contributed by atoms with E-state index in [0.29, 0.717) is 24.6 Å². The smallest absolute Gasteiger partial charge is 0.402 e. The van der Waals surface area contributed by atoms with E-state index in [9.17, 15) is 9.59 Å². The van der Waals surface area contributed by atoms with Gasteiger partial charge >= 0.3 is 11.7 Å². The Morgan fingerprint density at radius 3 is 3.18 bits per heavy atom. The molecule has 9 nitrogen and oxygen atoms in total. The van der Waals surface area contributed by atoms with Gasteiger partial charge in [-0.05, 0) is 12.3 Å². The highest BCUT2D eigenvalue weighted by Crippen LogP contribution is 2.23. The number of anilines is 1. The molecule has 22 heavy (non-hydrogen) atoms. The molecule has 1 fully saturated rings. The second-order valence-electron chi connectivity index (χ2n) is 5.29. The molecule has 3 heterocycles. The van der Waals surface area contributed by atoms with E-state index in [0.717, 1.165) is 6.42 Å². The summed E-state index contributed by atoms with van der Waals surface area (Å²) in [5, 5.41) is 11.9. The van der Waals surface area contributed by atoms with Crippen molar-refractivity contribution in [1.29, 1.82) is 5.26 Å². The van der Waals surface area contributed by atoms with Gasteiger partial charge in [0.25, 0.3) is 0 Å². The fourth-order valence-electron chi connectivity index (χ4n) is 2.57. The highest BCUT2D eigenvalue weighted by molar-refractivity contribution is 5.91. The number of nitriles is 1. The number of piperidine rings is 1. The Bertz CT molecular complexity index is 804. The Balaban J connectivity index is 1.85. The number of nitrogens with zero attached hydrogens (tertiary/aromatic N) is 4. The number of hydrogen-bond donors (Lipinski definition) is 2. The number of hydrogen-bond acceptors (Lipinski definition) is 7. The molecule has 2 N–H and O–H groups in total. The van der Waals surface area contributed by atoms with Crippen LogP contribution in [0.25, 0.3) is 11.2 Å². The maximum absolute atomic E-state index is 11.5. The lowest BCUT2D eigenvalue weighted by Crippen LogP contribution is -2.48. The lowest BCUT2D eigenvalue weighted by atomic mass is 9.93. The summed E-state index contributed by atoms with van der Waals surface area (Å²) in [5.74, 6) is -0.471. The summed E-state index contributed by atoms with van der Waals surface area (Å²) in [6.07, 6.45) is 2.10. The third-order valence-electron chi connectivity index (χ3n) is 3.88. The number of amides is 1. The molecule has 0 spiro atoms. The Kier molecular flexibility index (Phi) is 3.50. The number of aromatic nitrogens is 3. The van der Waals surface area contributed by atoms with Crippen molar-refractivity contribution < 1.29 is 9.21 Å². The maximum atomic E-state index is 11.5. The fourth-order valence-corrected chi connectivity index (χ4v) is 2.57. The zero-order valence-corrected chi connectivity index (χ0v) is 11.9. The van der Waals surface area contributed by atoms with Gasteiger partial charge in [0, 0.05) is 19.1 Å². The van der Waals surface area contributed by atoms with Crippen molar-refractivity contribution in [3.8, 4) is 6.07 Å². The van der Waals surface area contributed by atoms with Crippen LogP contribution in [-0.2, 0) is 4.79 Å². The first-order valence-electron chi connectivity index (χ1n) is 6.88. The average Bonchev–Trinajstić information content (AvgIpc) is 2.90. The van der Waals surface area contributed by atoms with E-state index in [1.807, 2.05) is 0 Å². The summed E-state index contributed by atoms with van der Waals surface area (Å²) < 4.78 is 5.04. The number of fused-ring (bicyclic) bond motifs is 1. The molecular weight excluding hydrogens is 288 g/mol. The summed E-state index contributed by atoms with van der Waals surface area (Å²) in [4.78, 5) is 34.8. The number of H-pyrrole nitrogens is 1. The predicted octanol–water partition coefficient (Wildman–Crippen LogP) is 0.0836. The topological polar surface area (TPSA) is 128 Å². The van der Waals surface area contributed by atoms with E-state index in [-0.39, 0.29) is 17.5 Å². The second-order valence-corrected chi connectivity index (χ2v) is 5.29. The van der Waals surface area contributed by atoms with Crippen LogP contribution in [0.1, 0.15) is 13.3 Å². The van der Waals surface area contributed by atoms with Gasteiger partial charge < -0.3 is 14.6 Å². The summed E-state index contributed by atoms with van der Waals surface area (Å²) in [6.45, 7) is 3.01. The zero-order chi connectivity index (χ0) is 15.7. The molecule has 2 aromatic heterocycles. The molecule has 1 saturated heterocycles. The van der Waals surface area contributed by atoms with Crippen LogP contribution >= 0.6 is 0 Å². The monoisotopic (exact) mass is 302 g/mol. The van der Waals surface area contributed by atoms with Crippen molar-refractivity contribution in [2.24, 2.45) is 5.92 Å². The van der Waals surface area contributed by atoms with Crippen LogP contribution in [0.5, 0.6) is 0 Å². The van der Waals surface area contributed by atoms with E-state index >= 15 is 0 Å². The van der Waals surface area contributed by atoms with Gasteiger partial charge in [-0.25, -0.2) is 14.8 Å². The number of nitrogens with one attached hydrogen (secondary N) is 2. The molecule has 2 aromatic rings. The van der Waals surface area contributed by atoms with Crippen molar-refractivity contribution in [2.75, 3.05) is 18.4 Å². The maximum Gasteiger partial charge on any atom is 0.418 e. The number of carbonyl (C=O) groups is 1. The van der Waals surface area contributed by atoms with Crippen LogP contribution in [0.3, 0.4) is 0 Å². The largest absolute Gasteiger partial charge is 0.418 e. The first-order valence-corrected chi connectivity index (χ1v) is 6.88. The van der Waals surface area contributed by atoms with Crippen LogP contribution in [0.2, 0.25) is 0 Å². The highest BCUT2D eigenvalue weighted by atomic mass is 16.4. The Morgan fingerprint density at radius 1 is 1.59 bits per heavy atom. The molecule has 114 valence electrons. The fraction of sp³-hybridized carbons (Fsp3) is 0.462. The van der Waals surface area contributed by atoms with Gasteiger partial charge in [0.05, 0.1) is 0 Å². The quantitative estimate of drug-likeness (QED) is 0.752. The molecule has 1 aliphatic rings. The molecule has 0 bridgehead atoms. The number of oxazole rings is 1. The van der Waals surface area contributed by atoms with Crippen LogP contribution in [0.15, 0.2) is 15.5 Å². The van der Waals surface area contributed by atoms with Crippen molar-refractivity contribution in [2.45, 2.75) is 19.4 Å². The molecule has 0 saturated carbocycles. The summed E-state index contributed by atoms with van der Waals surface area (Å²) in [5.41, 5.74) is 0.569. The molecule has 2 unspecified atom stereocenters. The molecular formula is C13H14N6O3. The molecule has 0 radical (unpaired) electrons. The minimum Gasteiger partial charge on any atom is -0.402 e. The minimum atomic E-state index is -0.600. The lowest BCUT2D eigenvalue weighted by Gasteiger charge is -2.36. The molecule has 2 atom stereocenters.